The van der Waals surface area contributed by atoms with Crippen molar-refractivity contribution < 1.29 is 18.0 Å². The van der Waals surface area contributed by atoms with Crippen molar-refractivity contribution in [1.29, 1.82) is 0 Å². The number of halogens is 3. The van der Waals surface area contributed by atoms with Gasteiger partial charge in [-0.1, -0.05) is 18.2 Å². The number of amides is 1. The van der Waals surface area contributed by atoms with E-state index < -0.39 is 17.6 Å². The molecule has 0 spiro atoms. The maximum absolute atomic E-state index is 13.1. The van der Waals surface area contributed by atoms with Crippen LogP contribution in [0.1, 0.15) is 33.8 Å². The van der Waals surface area contributed by atoms with Crippen LogP contribution in [-0.4, -0.2) is 16.5 Å². The molecule has 1 fully saturated rings. The smallest absolute Gasteiger partial charge is 0.349 e. The molecule has 0 aliphatic heterocycles. The highest BCUT2D eigenvalue weighted by molar-refractivity contribution is 5.94. The Morgan fingerprint density at radius 3 is 2.58 bits per heavy atom. The van der Waals surface area contributed by atoms with E-state index in [0.717, 1.165) is 6.07 Å². The van der Waals surface area contributed by atoms with Crippen molar-refractivity contribution in [1.82, 2.24) is 9.88 Å². The second kappa shape index (κ2) is 5.81. The average molecular weight is 336 g/mol. The topological polar surface area (TPSA) is 51.1 Å². The summed E-state index contributed by atoms with van der Waals surface area (Å²) in [7, 11) is 1.53. The minimum Gasteiger partial charge on any atom is -0.349 e. The molecular weight excluding hydrogens is 321 g/mol. The van der Waals surface area contributed by atoms with Gasteiger partial charge in [0, 0.05) is 31.3 Å². The standard InChI is InChI=1S/C17H15F3N2O2/c1-22-9-10(6-7-15(22)23)16(24)21-14-8-12(14)11-4-2-3-5-13(11)17(18,19)20/h2-7,9,12,14H,8H2,1H3,(H,21,24)/t12-,14-/m0/s1. The largest absolute Gasteiger partial charge is 0.416 e. The summed E-state index contributed by atoms with van der Waals surface area (Å²) in [5.41, 5.74) is -0.397. The SMILES string of the molecule is Cn1cc(C(=O)N[C@H]2C[C@H]2c2ccccc2C(F)(F)F)ccc1=O. The lowest BCUT2D eigenvalue weighted by Gasteiger charge is -2.12. The van der Waals surface area contributed by atoms with Gasteiger partial charge in [0.2, 0.25) is 5.56 Å². The molecule has 2 atom stereocenters. The molecule has 1 aromatic carbocycles. The van der Waals surface area contributed by atoms with E-state index in [4.69, 9.17) is 0 Å². The maximum Gasteiger partial charge on any atom is 0.416 e. The molecule has 1 saturated carbocycles. The predicted molar refractivity (Wildman–Crippen MR) is 81.7 cm³/mol. The Morgan fingerprint density at radius 2 is 1.92 bits per heavy atom. The number of carbonyl (C=O) groups is 1. The van der Waals surface area contributed by atoms with E-state index in [2.05, 4.69) is 5.32 Å². The van der Waals surface area contributed by atoms with Crippen LogP contribution in [0.15, 0.2) is 47.4 Å². The Hall–Kier alpha value is -2.57. The van der Waals surface area contributed by atoms with Gasteiger partial charge < -0.3 is 9.88 Å². The van der Waals surface area contributed by atoms with Gasteiger partial charge >= 0.3 is 6.18 Å². The van der Waals surface area contributed by atoms with Crippen molar-refractivity contribution in [3.05, 3.63) is 69.6 Å². The highest BCUT2D eigenvalue weighted by Gasteiger charge is 2.44. The fraction of sp³-hybridized carbons (Fsp3) is 0.294. The minimum atomic E-state index is -4.41. The van der Waals surface area contributed by atoms with Gasteiger partial charge in [-0.3, -0.25) is 9.59 Å². The van der Waals surface area contributed by atoms with Crippen LogP contribution < -0.4 is 10.9 Å². The summed E-state index contributed by atoms with van der Waals surface area (Å²) in [6.45, 7) is 0. The minimum absolute atomic E-state index is 0.204. The number of rotatable bonds is 3. The molecule has 0 saturated heterocycles. The molecule has 1 aliphatic rings. The highest BCUT2D eigenvalue weighted by Crippen LogP contribution is 2.46. The number of benzene rings is 1. The molecule has 0 unspecified atom stereocenters. The molecule has 3 rings (SSSR count). The number of carbonyl (C=O) groups excluding carboxylic acids is 1. The van der Waals surface area contributed by atoms with Crippen LogP contribution in [0.3, 0.4) is 0 Å². The fourth-order valence-electron chi connectivity index (χ4n) is 2.76. The molecule has 4 nitrogen and oxygen atoms in total. The van der Waals surface area contributed by atoms with Crippen LogP contribution in [0.25, 0.3) is 0 Å². The number of alkyl halides is 3. The van der Waals surface area contributed by atoms with E-state index in [0.29, 0.717) is 12.0 Å². The molecule has 2 aromatic rings. The van der Waals surface area contributed by atoms with Crippen molar-refractivity contribution in [3.63, 3.8) is 0 Å². The normalized spacial score (nSPS) is 19.8. The molecule has 1 amide bonds. The zero-order valence-corrected chi connectivity index (χ0v) is 12.8. The van der Waals surface area contributed by atoms with Gasteiger partial charge in [-0.25, -0.2) is 0 Å². The predicted octanol–water partition coefficient (Wildman–Crippen LogP) is 2.69. The van der Waals surface area contributed by atoms with Gasteiger partial charge in [0.15, 0.2) is 0 Å². The van der Waals surface area contributed by atoms with Gasteiger partial charge in [0.25, 0.3) is 5.91 Å². The number of nitrogens with one attached hydrogen (secondary N) is 1. The van der Waals surface area contributed by atoms with Crippen molar-refractivity contribution in [2.75, 3.05) is 0 Å². The Labute approximate surface area is 135 Å². The third-order valence-electron chi connectivity index (χ3n) is 4.12. The molecule has 0 bridgehead atoms. The second-order valence-electron chi connectivity index (χ2n) is 5.87. The summed E-state index contributed by atoms with van der Waals surface area (Å²) < 4.78 is 40.4. The molecule has 1 aliphatic carbocycles. The third kappa shape index (κ3) is 3.20. The van der Waals surface area contributed by atoms with E-state index in [1.807, 2.05) is 0 Å². The fourth-order valence-corrected chi connectivity index (χ4v) is 2.76. The first-order valence-corrected chi connectivity index (χ1v) is 7.41. The van der Waals surface area contributed by atoms with E-state index in [-0.39, 0.29) is 23.1 Å². The highest BCUT2D eigenvalue weighted by atomic mass is 19.4. The monoisotopic (exact) mass is 336 g/mol. The molecular formula is C17H15F3N2O2. The molecule has 1 aromatic heterocycles. The number of aromatic nitrogens is 1. The summed E-state index contributed by atoms with van der Waals surface area (Å²) in [4.78, 5) is 23.5. The van der Waals surface area contributed by atoms with Crippen LogP contribution in [0.4, 0.5) is 13.2 Å². The summed E-state index contributed by atoms with van der Waals surface area (Å²) >= 11 is 0. The van der Waals surface area contributed by atoms with Crippen molar-refractivity contribution in [2.45, 2.75) is 24.6 Å². The number of aryl methyl sites for hydroxylation is 1. The van der Waals surface area contributed by atoms with Crippen LogP contribution in [0, 0.1) is 0 Å². The number of nitrogens with zero attached hydrogens (tertiary/aromatic N) is 1. The Morgan fingerprint density at radius 1 is 1.21 bits per heavy atom. The Kier molecular flexibility index (Phi) is 3.95. The quantitative estimate of drug-likeness (QED) is 0.937. The zero-order valence-electron chi connectivity index (χ0n) is 12.8. The molecule has 0 radical (unpaired) electrons. The van der Waals surface area contributed by atoms with Crippen LogP contribution in [0.5, 0.6) is 0 Å². The van der Waals surface area contributed by atoms with Crippen molar-refractivity contribution >= 4 is 5.91 Å². The van der Waals surface area contributed by atoms with E-state index in [9.17, 15) is 22.8 Å². The van der Waals surface area contributed by atoms with E-state index in [1.54, 1.807) is 6.07 Å². The number of hydrogen-bond donors (Lipinski definition) is 1. The molecule has 126 valence electrons. The summed E-state index contributed by atoms with van der Waals surface area (Å²) in [5, 5.41) is 2.72. The van der Waals surface area contributed by atoms with Gasteiger partial charge in [0.1, 0.15) is 0 Å². The number of pyridine rings is 1. The molecule has 1 N–H and O–H groups in total. The van der Waals surface area contributed by atoms with Crippen LogP contribution in [0.2, 0.25) is 0 Å². The van der Waals surface area contributed by atoms with Gasteiger partial charge in [-0.2, -0.15) is 13.2 Å². The Bertz CT molecular complexity index is 842. The van der Waals surface area contributed by atoms with Crippen LogP contribution >= 0.6 is 0 Å². The van der Waals surface area contributed by atoms with E-state index >= 15 is 0 Å². The van der Waals surface area contributed by atoms with Crippen molar-refractivity contribution in [2.24, 2.45) is 7.05 Å². The Balaban J connectivity index is 1.74. The first kappa shape index (κ1) is 16.3. The van der Waals surface area contributed by atoms with Crippen molar-refractivity contribution in [3.8, 4) is 0 Å². The zero-order chi connectivity index (χ0) is 17.5. The lowest BCUT2D eigenvalue weighted by atomic mass is 10.0. The third-order valence-corrected chi connectivity index (χ3v) is 4.12. The van der Waals surface area contributed by atoms with Gasteiger partial charge in [-0.05, 0) is 24.1 Å². The second-order valence-corrected chi connectivity index (χ2v) is 5.87. The average Bonchev–Trinajstić information content (AvgIpc) is 3.28. The first-order valence-electron chi connectivity index (χ1n) is 7.41. The number of hydrogen-bond acceptors (Lipinski definition) is 2. The lowest BCUT2D eigenvalue weighted by Crippen LogP contribution is -2.28. The van der Waals surface area contributed by atoms with E-state index in [1.165, 1.54) is 42.1 Å². The lowest BCUT2D eigenvalue weighted by molar-refractivity contribution is -0.138. The molecule has 7 heteroatoms. The molecule has 1 heterocycles. The summed E-state index contributed by atoms with van der Waals surface area (Å²) in [6.07, 6.45) is -2.55. The van der Waals surface area contributed by atoms with Crippen LogP contribution in [-0.2, 0) is 13.2 Å². The molecule has 24 heavy (non-hydrogen) atoms. The maximum atomic E-state index is 13.1. The summed E-state index contributed by atoms with van der Waals surface area (Å²) in [6, 6.07) is 7.77. The summed E-state index contributed by atoms with van der Waals surface area (Å²) in [5.74, 6) is -0.748. The van der Waals surface area contributed by atoms with Gasteiger partial charge in [0.05, 0.1) is 11.1 Å². The first-order chi connectivity index (χ1) is 11.3. The van der Waals surface area contributed by atoms with Gasteiger partial charge in [-0.15, -0.1) is 0 Å².